The van der Waals surface area contributed by atoms with Gasteiger partial charge < -0.3 is 15.5 Å². The van der Waals surface area contributed by atoms with Gasteiger partial charge in [0.1, 0.15) is 12.2 Å². The molecule has 3 rings (SSSR count). The minimum absolute atomic E-state index is 0.136. The van der Waals surface area contributed by atoms with Gasteiger partial charge in [-0.3, -0.25) is 14.4 Å². The van der Waals surface area contributed by atoms with Crippen LogP contribution in [-0.4, -0.2) is 47.9 Å². The maximum Gasteiger partial charge on any atom is 0.312 e. The number of benzene rings is 2. The average molecular weight is 468 g/mol. The third kappa shape index (κ3) is 6.22. The van der Waals surface area contributed by atoms with E-state index in [-0.39, 0.29) is 18.9 Å². The Morgan fingerprint density at radius 1 is 0.941 bits per heavy atom. The van der Waals surface area contributed by atoms with Gasteiger partial charge in [-0.2, -0.15) is 0 Å². The lowest BCUT2D eigenvalue weighted by Gasteiger charge is -2.27. The summed E-state index contributed by atoms with van der Waals surface area (Å²) in [6, 6.07) is 16.0. The number of rotatable bonds is 7. The van der Waals surface area contributed by atoms with E-state index in [1.54, 1.807) is 0 Å². The molecule has 0 bridgehead atoms. The van der Waals surface area contributed by atoms with Crippen LogP contribution in [0.3, 0.4) is 0 Å². The van der Waals surface area contributed by atoms with E-state index in [1.807, 2.05) is 68.4 Å². The number of likely N-dealkylation sites (tertiary alicyclic amines) is 1. The van der Waals surface area contributed by atoms with Crippen molar-refractivity contribution in [3.8, 4) is 0 Å². The van der Waals surface area contributed by atoms with E-state index in [0.717, 1.165) is 16.0 Å². The second kappa shape index (κ2) is 11.3. The van der Waals surface area contributed by atoms with Crippen LogP contribution in [0.25, 0.3) is 0 Å². The zero-order valence-electron chi connectivity index (χ0n) is 20.3. The first kappa shape index (κ1) is 25.4. The van der Waals surface area contributed by atoms with Crippen molar-refractivity contribution in [3.63, 3.8) is 0 Å². The Morgan fingerprint density at radius 3 is 2.12 bits per heavy atom. The first-order valence-electron chi connectivity index (χ1n) is 11.8. The Kier molecular flexibility index (Phi) is 8.42. The van der Waals surface area contributed by atoms with Gasteiger partial charge in [-0.05, 0) is 28.5 Å². The summed E-state index contributed by atoms with van der Waals surface area (Å²) >= 11 is 0. The normalized spacial score (nSPS) is 18.7. The zero-order chi connectivity index (χ0) is 24.8. The molecule has 7 heteroatoms. The first-order valence-corrected chi connectivity index (χ1v) is 11.8. The molecule has 1 saturated heterocycles. The third-order valence-corrected chi connectivity index (χ3v) is 6.03. The number of carbonyl (C=O) groups is 3. The minimum atomic E-state index is -1.36. The summed E-state index contributed by atoms with van der Waals surface area (Å²) in [5.74, 6) is -1.63. The largest absolute Gasteiger partial charge is 0.348 e. The lowest BCUT2D eigenvalue weighted by Crippen LogP contribution is -2.51. The van der Waals surface area contributed by atoms with Gasteiger partial charge in [0.2, 0.25) is 5.91 Å². The SMILES string of the molecule is CC(C)CNC(=O)C(=O)N1C[C@H](F)C[C@H]1C(=O)N[C@@H](c1ccccc1)c1ccc(C(C)C)cc1. The van der Waals surface area contributed by atoms with Crippen molar-refractivity contribution < 1.29 is 18.8 Å². The van der Waals surface area contributed by atoms with Crippen molar-refractivity contribution in [3.05, 3.63) is 71.3 Å². The van der Waals surface area contributed by atoms with Crippen molar-refractivity contribution in [2.75, 3.05) is 13.1 Å². The number of carbonyl (C=O) groups excluding carboxylic acids is 3. The monoisotopic (exact) mass is 467 g/mol. The molecule has 3 amide bonds. The van der Waals surface area contributed by atoms with E-state index in [2.05, 4.69) is 24.5 Å². The van der Waals surface area contributed by atoms with Crippen LogP contribution < -0.4 is 10.6 Å². The summed E-state index contributed by atoms with van der Waals surface area (Å²) in [4.78, 5) is 39.4. The molecule has 3 atom stereocenters. The van der Waals surface area contributed by atoms with E-state index in [1.165, 1.54) is 5.56 Å². The summed E-state index contributed by atoms with van der Waals surface area (Å²) in [5, 5.41) is 5.56. The fourth-order valence-electron chi connectivity index (χ4n) is 4.08. The molecule has 0 spiro atoms. The lowest BCUT2D eigenvalue weighted by molar-refractivity contribution is -0.148. The van der Waals surface area contributed by atoms with Gasteiger partial charge in [-0.1, -0.05) is 82.3 Å². The van der Waals surface area contributed by atoms with Gasteiger partial charge in [0.25, 0.3) is 0 Å². The summed E-state index contributed by atoms with van der Waals surface area (Å²) in [7, 11) is 0. The molecule has 0 aliphatic carbocycles. The molecule has 182 valence electrons. The summed E-state index contributed by atoms with van der Waals surface area (Å²) < 4.78 is 14.3. The maximum atomic E-state index is 14.3. The molecule has 1 aliphatic heterocycles. The molecule has 0 radical (unpaired) electrons. The van der Waals surface area contributed by atoms with Crippen molar-refractivity contribution in [2.45, 2.75) is 58.3 Å². The van der Waals surface area contributed by atoms with Crippen LogP contribution in [-0.2, 0) is 14.4 Å². The Balaban J connectivity index is 1.82. The van der Waals surface area contributed by atoms with Crippen LogP contribution >= 0.6 is 0 Å². The highest BCUT2D eigenvalue weighted by molar-refractivity contribution is 6.35. The zero-order valence-corrected chi connectivity index (χ0v) is 20.3. The standard InChI is InChI=1S/C27H34FN3O3/c1-17(2)15-29-26(33)27(34)31-16-22(28)14-23(31)25(32)30-24(20-8-6-5-7-9-20)21-12-10-19(11-13-21)18(3)4/h5-13,17-18,22-24H,14-16H2,1-4H3,(H,29,33)(H,30,32)/t22-,23+,24+/m1/s1. The molecule has 0 aromatic heterocycles. The van der Waals surface area contributed by atoms with Crippen LogP contribution in [0, 0.1) is 5.92 Å². The molecule has 0 saturated carbocycles. The molecule has 2 aromatic rings. The maximum absolute atomic E-state index is 14.3. The van der Waals surface area contributed by atoms with Crippen LogP contribution in [0.5, 0.6) is 0 Å². The molecule has 2 N–H and O–H groups in total. The predicted octanol–water partition coefficient (Wildman–Crippen LogP) is 3.73. The van der Waals surface area contributed by atoms with E-state index in [0.29, 0.717) is 12.5 Å². The van der Waals surface area contributed by atoms with E-state index in [4.69, 9.17) is 0 Å². The molecule has 34 heavy (non-hydrogen) atoms. The fraction of sp³-hybridized carbons (Fsp3) is 0.444. The number of nitrogens with one attached hydrogen (secondary N) is 2. The topological polar surface area (TPSA) is 78.5 Å². The third-order valence-electron chi connectivity index (χ3n) is 6.03. The van der Waals surface area contributed by atoms with E-state index in [9.17, 15) is 18.8 Å². The molecule has 1 aliphatic rings. The van der Waals surface area contributed by atoms with Gasteiger partial charge in [0, 0.05) is 13.0 Å². The summed E-state index contributed by atoms with van der Waals surface area (Å²) in [6.45, 7) is 8.10. The minimum Gasteiger partial charge on any atom is -0.348 e. The molecule has 1 fully saturated rings. The van der Waals surface area contributed by atoms with Crippen molar-refractivity contribution in [1.82, 2.24) is 15.5 Å². The second-order valence-corrected chi connectivity index (χ2v) is 9.58. The smallest absolute Gasteiger partial charge is 0.312 e. The Bertz CT molecular complexity index is 992. The van der Waals surface area contributed by atoms with Gasteiger partial charge >= 0.3 is 11.8 Å². The number of hydrogen-bond donors (Lipinski definition) is 2. The number of nitrogens with zero attached hydrogens (tertiary/aromatic N) is 1. The molecule has 6 nitrogen and oxygen atoms in total. The van der Waals surface area contributed by atoms with E-state index >= 15 is 0 Å². The molecule has 2 aromatic carbocycles. The number of alkyl halides is 1. The van der Waals surface area contributed by atoms with Crippen molar-refractivity contribution >= 4 is 17.7 Å². The molecular weight excluding hydrogens is 433 g/mol. The number of amides is 3. The molecule has 1 heterocycles. The molecular formula is C27H34FN3O3. The summed E-state index contributed by atoms with van der Waals surface area (Å²) in [5.41, 5.74) is 2.93. The Labute approximate surface area is 200 Å². The van der Waals surface area contributed by atoms with Gasteiger partial charge in [0.15, 0.2) is 0 Å². The average Bonchev–Trinajstić information content (AvgIpc) is 3.22. The van der Waals surface area contributed by atoms with Crippen molar-refractivity contribution in [1.29, 1.82) is 0 Å². The summed E-state index contributed by atoms with van der Waals surface area (Å²) in [6.07, 6.45) is -1.50. The fourth-order valence-corrected chi connectivity index (χ4v) is 4.08. The number of hydrogen-bond acceptors (Lipinski definition) is 3. The van der Waals surface area contributed by atoms with Gasteiger partial charge in [-0.25, -0.2) is 4.39 Å². The molecule has 0 unspecified atom stereocenters. The predicted molar refractivity (Wildman–Crippen MR) is 130 cm³/mol. The van der Waals surface area contributed by atoms with Crippen LogP contribution in [0.2, 0.25) is 0 Å². The Hall–Kier alpha value is -3.22. The van der Waals surface area contributed by atoms with Crippen LogP contribution in [0.1, 0.15) is 62.8 Å². The van der Waals surface area contributed by atoms with Crippen LogP contribution in [0.15, 0.2) is 54.6 Å². The number of halogens is 1. The second-order valence-electron chi connectivity index (χ2n) is 9.58. The first-order chi connectivity index (χ1) is 16.2. The van der Waals surface area contributed by atoms with Crippen LogP contribution in [0.4, 0.5) is 4.39 Å². The van der Waals surface area contributed by atoms with Gasteiger partial charge in [0.05, 0.1) is 12.6 Å². The van der Waals surface area contributed by atoms with E-state index < -0.39 is 36.0 Å². The highest BCUT2D eigenvalue weighted by atomic mass is 19.1. The lowest BCUT2D eigenvalue weighted by atomic mass is 9.95. The quantitative estimate of drug-likeness (QED) is 0.609. The Morgan fingerprint density at radius 2 is 1.53 bits per heavy atom. The van der Waals surface area contributed by atoms with Crippen molar-refractivity contribution in [2.24, 2.45) is 5.92 Å². The highest BCUT2D eigenvalue weighted by Gasteiger charge is 2.42. The van der Waals surface area contributed by atoms with Gasteiger partial charge in [-0.15, -0.1) is 0 Å². The highest BCUT2D eigenvalue weighted by Crippen LogP contribution is 2.27.